The molecule has 0 bridgehead atoms. The molecule has 21 heavy (non-hydrogen) atoms. The Bertz CT molecular complexity index is 547. The Morgan fingerprint density at radius 3 is 2.19 bits per heavy atom. The van der Waals surface area contributed by atoms with Crippen LogP contribution in [0, 0.1) is 23.5 Å². The largest absolute Gasteiger partial charge is 0.391 e. The molecular weight excluding hydrogens is 359 g/mol. The summed E-state index contributed by atoms with van der Waals surface area (Å²) in [4.78, 5) is 12.2. The predicted octanol–water partition coefficient (Wildman–Crippen LogP) is 5.28. The third-order valence-corrected chi connectivity index (χ3v) is 4.46. The standard InChI is InChI=1S/C14H12BrF5O/c15-9-5-6-10(16)11(12(9)17)13(21)7-1-3-8(4-2-7)14(18,19)20/h5-8H,1-4H2. The lowest BCUT2D eigenvalue weighted by Crippen LogP contribution is -2.30. The van der Waals surface area contributed by atoms with E-state index in [1.54, 1.807) is 0 Å². The number of alkyl halides is 3. The van der Waals surface area contributed by atoms with E-state index in [0.29, 0.717) is 0 Å². The number of Topliss-reactive ketones (excluding diaryl/α,β-unsaturated/α-hetero) is 1. The lowest BCUT2D eigenvalue weighted by Gasteiger charge is -2.29. The summed E-state index contributed by atoms with van der Waals surface area (Å²) in [6, 6.07) is 2.10. The maximum absolute atomic E-state index is 13.8. The maximum atomic E-state index is 13.8. The van der Waals surface area contributed by atoms with E-state index >= 15 is 0 Å². The molecule has 1 aromatic rings. The van der Waals surface area contributed by atoms with Gasteiger partial charge in [-0.1, -0.05) is 0 Å². The minimum atomic E-state index is -4.28. The van der Waals surface area contributed by atoms with E-state index in [2.05, 4.69) is 15.9 Å². The van der Waals surface area contributed by atoms with Gasteiger partial charge in [-0.05, 0) is 53.7 Å². The van der Waals surface area contributed by atoms with Gasteiger partial charge in [-0.2, -0.15) is 13.2 Å². The number of carbonyl (C=O) groups excluding carboxylic acids is 1. The van der Waals surface area contributed by atoms with Crippen LogP contribution in [0.5, 0.6) is 0 Å². The average molecular weight is 371 g/mol. The highest BCUT2D eigenvalue weighted by molar-refractivity contribution is 9.10. The van der Waals surface area contributed by atoms with Gasteiger partial charge in [0.15, 0.2) is 11.6 Å². The maximum Gasteiger partial charge on any atom is 0.391 e. The molecule has 2 rings (SSSR count). The van der Waals surface area contributed by atoms with E-state index in [-0.39, 0.29) is 30.2 Å². The van der Waals surface area contributed by atoms with Crippen LogP contribution in [0.2, 0.25) is 0 Å². The van der Waals surface area contributed by atoms with E-state index in [1.165, 1.54) is 0 Å². The smallest absolute Gasteiger partial charge is 0.294 e. The summed E-state index contributed by atoms with van der Waals surface area (Å²) >= 11 is 2.87. The summed E-state index contributed by atoms with van der Waals surface area (Å²) in [6.45, 7) is 0. The summed E-state index contributed by atoms with van der Waals surface area (Å²) in [5.74, 6) is -4.94. The average Bonchev–Trinajstić information content (AvgIpc) is 2.42. The monoisotopic (exact) mass is 370 g/mol. The molecule has 0 spiro atoms. The van der Waals surface area contributed by atoms with Crippen molar-refractivity contribution >= 4 is 21.7 Å². The fraction of sp³-hybridized carbons (Fsp3) is 0.500. The lowest BCUT2D eigenvalue weighted by atomic mass is 9.78. The Hall–Kier alpha value is -0.980. The third-order valence-electron chi connectivity index (χ3n) is 3.85. The zero-order valence-corrected chi connectivity index (χ0v) is 12.4. The number of hydrogen-bond acceptors (Lipinski definition) is 1. The molecule has 1 aliphatic carbocycles. The van der Waals surface area contributed by atoms with Crippen LogP contribution in [-0.2, 0) is 0 Å². The van der Waals surface area contributed by atoms with E-state index in [4.69, 9.17) is 0 Å². The van der Waals surface area contributed by atoms with Gasteiger partial charge in [-0.15, -0.1) is 0 Å². The molecular formula is C14H12BrF5O. The highest BCUT2D eigenvalue weighted by Gasteiger charge is 2.43. The van der Waals surface area contributed by atoms with Crippen molar-refractivity contribution in [2.45, 2.75) is 31.9 Å². The Balaban J connectivity index is 2.15. The fourth-order valence-electron chi connectivity index (χ4n) is 2.64. The van der Waals surface area contributed by atoms with Crippen molar-refractivity contribution < 1.29 is 26.7 Å². The van der Waals surface area contributed by atoms with E-state index in [1.807, 2.05) is 0 Å². The minimum Gasteiger partial charge on any atom is -0.294 e. The third kappa shape index (κ3) is 3.44. The van der Waals surface area contributed by atoms with Crippen LogP contribution in [0.15, 0.2) is 16.6 Å². The summed E-state index contributed by atoms with van der Waals surface area (Å²) < 4.78 is 65.1. The Morgan fingerprint density at radius 2 is 1.67 bits per heavy atom. The Labute approximate surface area is 126 Å². The first-order chi connectivity index (χ1) is 9.71. The molecule has 0 aromatic heterocycles. The number of benzene rings is 1. The molecule has 116 valence electrons. The number of ketones is 1. The van der Waals surface area contributed by atoms with Gasteiger partial charge >= 0.3 is 6.18 Å². The Morgan fingerprint density at radius 1 is 1.10 bits per heavy atom. The van der Waals surface area contributed by atoms with Gasteiger partial charge in [0.25, 0.3) is 0 Å². The van der Waals surface area contributed by atoms with Crippen molar-refractivity contribution in [2.24, 2.45) is 11.8 Å². The molecule has 1 nitrogen and oxygen atoms in total. The molecule has 1 aliphatic rings. The van der Waals surface area contributed by atoms with Crippen molar-refractivity contribution in [1.29, 1.82) is 0 Å². The number of hydrogen-bond donors (Lipinski definition) is 0. The van der Waals surface area contributed by atoms with Gasteiger partial charge in [-0.25, -0.2) is 8.78 Å². The van der Waals surface area contributed by atoms with Crippen molar-refractivity contribution in [3.8, 4) is 0 Å². The highest BCUT2D eigenvalue weighted by Crippen LogP contribution is 2.40. The molecule has 7 heteroatoms. The van der Waals surface area contributed by atoms with Crippen molar-refractivity contribution in [3.63, 3.8) is 0 Å². The zero-order chi connectivity index (χ0) is 15.8. The van der Waals surface area contributed by atoms with Gasteiger partial charge < -0.3 is 0 Å². The first-order valence-corrected chi connectivity index (χ1v) is 7.25. The van der Waals surface area contributed by atoms with Gasteiger partial charge in [0, 0.05) is 5.92 Å². The normalized spacial score (nSPS) is 23.1. The second kappa shape index (κ2) is 6.02. The van der Waals surface area contributed by atoms with Crippen LogP contribution in [0.3, 0.4) is 0 Å². The quantitative estimate of drug-likeness (QED) is 0.393. The summed E-state index contributed by atoms with van der Waals surface area (Å²) in [6.07, 6.45) is -4.66. The number of rotatable bonds is 2. The first kappa shape index (κ1) is 16.4. The predicted molar refractivity (Wildman–Crippen MR) is 69.9 cm³/mol. The van der Waals surface area contributed by atoms with Crippen LogP contribution in [0.25, 0.3) is 0 Å². The number of halogens is 6. The second-order valence-electron chi connectivity index (χ2n) is 5.17. The highest BCUT2D eigenvalue weighted by atomic mass is 79.9. The SMILES string of the molecule is O=C(c1c(F)ccc(Br)c1F)C1CCC(C(F)(F)F)CC1. The van der Waals surface area contributed by atoms with Gasteiger partial charge in [0.2, 0.25) is 0 Å². The molecule has 1 saturated carbocycles. The molecule has 0 amide bonds. The van der Waals surface area contributed by atoms with Crippen LogP contribution in [-0.4, -0.2) is 12.0 Å². The fourth-order valence-corrected chi connectivity index (χ4v) is 2.97. The summed E-state index contributed by atoms with van der Waals surface area (Å²) in [5, 5.41) is 0. The molecule has 1 aromatic carbocycles. The van der Waals surface area contributed by atoms with E-state index in [0.717, 1.165) is 12.1 Å². The van der Waals surface area contributed by atoms with Crippen molar-refractivity contribution in [2.75, 3.05) is 0 Å². The molecule has 1 fully saturated rings. The second-order valence-corrected chi connectivity index (χ2v) is 6.03. The lowest BCUT2D eigenvalue weighted by molar-refractivity contribution is -0.183. The molecule has 0 heterocycles. The topological polar surface area (TPSA) is 17.1 Å². The van der Waals surface area contributed by atoms with Crippen LogP contribution in [0.4, 0.5) is 22.0 Å². The van der Waals surface area contributed by atoms with Crippen LogP contribution >= 0.6 is 15.9 Å². The number of carbonyl (C=O) groups is 1. The molecule has 0 N–H and O–H groups in total. The molecule has 0 aliphatic heterocycles. The minimum absolute atomic E-state index is 0.00555. The van der Waals surface area contributed by atoms with Gasteiger partial charge in [0.1, 0.15) is 5.82 Å². The van der Waals surface area contributed by atoms with Crippen LogP contribution < -0.4 is 0 Å². The molecule has 0 unspecified atom stereocenters. The molecule has 0 saturated heterocycles. The first-order valence-electron chi connectivity index (χ1n) is 6.46. The van der Waals surface area contributed by atoms with Gasteiger partial charge in [0.05, 0.1) is 16.0 Å². The van der Waals surface area contributed by atoms with E-state index in [9.17, 15) is 26.7 Å². The summed E-state index contributed by atoms with van der Waals surface area (Å²) in [5.41, 5.74) is -0.667. The van der Waals surface area contributed by atoms with Crippen LogP contribution in [0.1, 0.15) is 36.0 Å². The summed E-state index contributed by atoms with van der Waals surface area (Å²) in [7, 11) is 0. The Kier molecular flexibility index (Phi) is 4.70. The van der Waals surface area contributed by atoms with Crippen molar-refractivity contribution in [1.82, 2.24) is 0 Å². The molecule has 0 radical (unpaired) electrons. The molecule has 0 atom stereocenters. The van der Waals surface area contributed by atoms with E-state index < -0.39 is 41.0 Å². The van der Waals surface area contributed by atoms with Crippen molar-refractivity contribution in [3.05, 3.63) is 33.8 Å². The zero-order valence-electron chi connectivity index (χ0n) is 10.8. The van der Waals surface area contributed by atoms with Gasteiger partial charge in [-0.3, -0.25) is 4.79 Å².